The first-order valence-corrected chi connectivity index (χ1v) is 3.63. The monoisotopic (exact) mass is 208 g/mol. The van der Waals surface area contributed by atoms with Crippen molar-refractivity contribution in [3.05, 3.63) is 35.4 Å². The minimum atomic E-state index is -2.83. The van der Waals surface area contributed by atoms with Crippen LogP contribution in [0.4, 0.5) is 22.4 Å². The second-order valence-electron chi connectivity index (χ2n) is 2.44. The molecule has 0 radical (unpaired) electrons. The molecule has 0 aromatic heterocycles. The van der Waals surface area contributed by atoms with Crippen LogP contribution in [0.1, 0.15) is 17.6 Å². The van der Waals surface area contributed by atoms with Gasteiger partial charge in [0.25, 0.3) is 6.43 Å². The van der Waals surface area contributed by atoms with Gasteiger partial charge in [-0.3, -0.25) is 0 Å². The van der Waals surface area contributed by atoms with Crippen LogP contribution < -0.4 is 0 Å². The number of rotatable bonds is 1. The molecule has 1 rings (SSSR count). The average Bonchev–Trinajstić information content (AvgIpc) is 2.03. The molecule has 0 atom stereocenters. The Morgan fingerprint density at radius 1 is 1.14 bits per heavy atom. The van der Waals surface area contributed by atoms with Gasteiger partial charge in [-0.1, -0.05) is 29.8 Å². The predicted molar refractivity (Wildman–Crippen MR) is 43.7 cm³/mol. The summed E-state index contributed by atoms with van der Waals surface area (Å²) >= 11 is 0. The van der Waals surface area contributed by atoms with Crippen LogP contribution in [0.15, 0.2) is 24.3 Å². The predicted octanol–water partition coefficient (Wildman–Crippen LogP) is 3.98. The van der Waals surface area contributed by atoms with Gasteiger partial charge in [-0.25, -0.2) is 13.6 Å². The van der Waals surface area contributed by atoms with Crippen LogP contribution in [0.2, 0.25) is 0 Å². The maximum Gasteiger partial charge on any atom is 0.483 e. The fourth-order valence-corrected chi connectivity index (χ4v) is 0.712. The summed E-state index contributed by atoms with van der Waals surface area (Å²) in [6, 6.07) is 6.25. The van der Waals surface area contributed by atoms with Crippen LogP contribution in [-0.4, -0.2) is 6.29 Å². The summed E-state index contributed by atoms with van der Waals surface area (Å²) in [4.78, 5) is 8.11. The van der Waals surface area contributed by atoms with Gasteiger partial charge in [0.1, 0.15) is 0 Å². The topological polar surface area (TPSA) is 17.1 Å². The normalized spacial score (nSPS) is 9.29. The van der Waals surface area contributed by atoms with E-state index < -0.39 is 12.7 Å². The molecule has 0 aliphatic heterocycles. The first-order valence-electron chi connectivity index (χ1n) is 3.63. The number of carbonyl (C=O) groups excluding carboxylic acids is 1. The molecule has 14 heavy (non-hydrogen) atoms. The number of hydrogen-bond donors (Lipinski definition) is 0. The van der Waals surface area contributed by atoms with Crippen LogP contribution in [0.5, 0.6) is 0 Å². The number of hydrogen-bond acceptors (Lipinski definition) is 1. The van der Waals surface area contributed by atoms with Gasteiger partial charge in [-0.15, -0.1) is 8.78 Å². The summed E-state index contributed by atoms with van der Waals surface area (Å²) < 4.78 is 43.2. The first kappa shape index (κ1) is 12.6. The van der Waals surface area contributed by atoms with E-state index in [1.807, 2.05) is 6.92 Å². The minimum Gasteiger partial charge on any atom is -0.219 e. The van der Waals surface area contributed by atoms with E-state index in [2.05, 4.69) is 0 Å². The van der Waals surface area contributed by atoms with Crippen molar-refractivity contribution in [1.82, 2.24) is 0 Å². The smallest absolute Gasteiger partial charge is 0.219 e. The number of carbonyl (C=O) groups is 1. The van der Waals surface area contributed by atoms with Crippen molar-refractivity contribution in [2.24, 2.45) is 0 Å². The third kappa shape index (κ3) is 6.16. The average molecular weight is 208 g/mol. The number of benzene rings is 1. The molecule has 0 bridgehead atoms. The molecule has 78 valence electrons. The van der Waals surface area contributed by atoms with Gasteiger partial charge in [0.2, 0.25) is 0 Å². The van der Waals surface area contributed by atoms with E-state index in [0.717, 1.165) is 5.56 Å². The van der Waals surface area contributed by atoms with Gasteiger partial charge in [0, 0.05) is 5.56 Å². The van der Waals surface area contributed by atoms with E-state index >= 15 is 0 Å². The Labute approximate surface area is 78.4 Å². The summed E-state index contributed by atoms with van der Waals surface area (Å²) in [5.74, 6) is 0. The van der Waals surface area contributed by atoms with Crippen LogP contribution in [-0.2, 0) is 0 Å². The van der Waals surface area contributed by atoms with Gasteiger partial charge in [-0.05, 0) is 6.92 Å². The molecule has 1 aromatic rings. The van der Waals surface area contributed by atoms with Gasteiger partial charge >= 0.3 is 6.29 Å². The highest BCUT2D eigenvalue weighted by Gasteiger charge is 2.03. The molecule has 1 nitrogen and oxygen atoms in total. The Hall–Kier alpha value is -1.39. The fourth-order valence-electron chi connectivity index (χ4n) is 0.712. The van der Waals surface area contributed by atoms with Crippen molar-refractivity contribution in [2.75, 3.05) is 0 Å². The van der Waals surface area contributed by atoms with Crippen molar-refractivity contribution in [3.63, 3.8) is 0 Å². The van der Waals surface area contributed by atoms with E-state index in [0.29, 0.717) is 0 Å². The van der Waals surface area contributed by atoms with Crippen molar-refractivity contribution >= 4 is 6.29 Å². The highest BCUT2D eigenvalue weighted by molar-refractivity contribution is 5.55. The van der Waals surface area contributed by atoms with E-state index in [4.69, 9.17) is 4.79 Å². The molecular formula is C9H8F4O. The first-order chi connectivity index (χ1) is 6.43. The van der Waals surface area contributed by atoms with Crippen molar-refractivity contribution in [3.8, 4) is 0 Å². The highest BCUT2D eigenvalue weighted by Crippen LogP contribution is 2.17. The molecule has 1 aromatic carbocycles. The zero-order valence-corrected chi connectivity index (χ0v) is 7.31. The van der Waals surface area contributed by atoms with Gasteiger partial charge in [-0.2, -0.15) is 0 Å². The lowest BCUT2D eigenvalue weighted by atomic mass is 10.2. The van der Waals surface area contributed by atoms with Crippen LogP contribution in [0, 0.1) is 6.92 Å². The number of alkyl halides is 2. The molecule has 0 unspecified atom stereocenters. The van der Waals surface area contributed by atoms with Crippen molar-refractivity contribution in [2.45, 2.75) is 13.3 Å². The Bertz CT molecular complexity index is 277. The van der Waals surface area contributed by atoms with Crippen LogP contribution in [0.25, 0.3) is 0 Å². The van der Waals surface area contributed by atoms with E-state index in [-0.39, 0.29) is 5.56 Å². The Balaban J connectivity index is 0.000000364. The molecule has 0 aliphatic carbocycles. The zero-order chi connectivity index (χ0) is 11.1. The van der Waals surface area contributed by atoms with E-state index in [1.54, 1.807) is 12.1 Å². The summed E-state index contributed by atoms with van der Waals surface area (Å²) in [6.45, 7) is 1.87. The lowest BCUT2D eigenvalue weighted by Gasteiger charge is -1.97. The second-order valence-corrected chi connectivity index (χ2v) is 2.44. The molecule has 0 spiro atoms. The molecule has 0 amide bonds. The zero-order valence-electron chi connectivity index (χ0n) is 7.31. The summed E-state index contributed by atoms with van der Waals surface area (Å²) in [5, 5.41) is 0. The number of halogens is 4. The van der Waals surface area contributed by atoms with Gasteiger partial charge in [0.05, 0.1) is 0 Å². The van der Waals surface area contributed by atoms with Gasteiger partial charge in [0.15, 0.2) is 0 Å². The molecule has 0 fully saturated rings. The third-order valence-corrected chi connectivity index (χ3v) is 1.33. The maximum absolute atomic E-state index is 11.9. The Morgan fingerprint density at radius 2 is 1.50 bits per heavy atom. The van der Waals surface area contributed by atoms with Crippen LogP contribution >= 0.6 is 0 Å². The Kier molecular flexibility index (Phi) is 5.52. The third-order valence-electron chi connectivity index (χ3n) is 1.33. The largest absolute Gasteiger partial charge is 0.483 e. The molecule has 5 heteroatoms. The van der Waals surface area contributed by atoms with Gasteiger partial charge < -0.3 is 0 Å². The van der Waals surface area contributed by atoms with Crippen molar-refractivity contribution < 1.29 is 22.4 Å². The molecule has 0 saturated carbocycles. The summed E-state index contributed by atoms with van der Waals surface area (Å²) in [7, 11) is 0. The van der Waals surface area contributed by atoms with Crippen molar-refractivity contribution in [1.29, 1.82) is 0 Å². The molecule has 0 aliphatic rings. The number of aryl methyl sites for hydroxylation is 1. The minimum absolute atomic E-state index is 0.0885. The van der Waals surface area contributed by atoms with Crippen LogP contribution in [0.3, 0.4) is 0 Å². The molecule has 0 heterocycles. The summed E-state index contributed by atoms with van der Waals surface area (Å²) in [5.41, 5.74) is 1.09. The van der Waals surface area contributed by atoms with E-state index in [9.17, 15) is 17.6 Å². The molecule has 0 N–H and O–H groups in total. The Morgan fingerprint density at radius 3 is 1.79 bits per heavy atom. The fraction of sp³-hybridized carbons (Fsp3) is 0.222. The highest BCUT2D eigenvalue weighted by atomic mass is 19.3. The molecule has 0 saturated heterocycles. The standard InChI is InChI=1S/C8H8F2.CF2O/c1-6-2-4-7(5-3-6)8(9)10;2-1(3)4/h2-5,8H,1H3;. The molecular weight excluding hydrogens is 200 g/mol. The van der Waals surface area contributed by atoms with E-state index in [1.165, 1.54) is 12.1 Å². The lowest BCUT2D eigenvalue weighted by Crippen LogP contribution is -1.82. The lowest BCUT2D eigenvalue weighted by molar-refractivity contribution is 0.151. The SMILES string of the molecule is Cc1ccc(C(F)F)cc1.O=C(F)F. The quantitative estimate of drug-likeness (QED) is 0.504. The summed E-state index contributed by atoms with van der Waals surface area (Å²) in [6.07, 6.45) is -5.18. The maximum atomic E-state index is 11.9. The second kappa shape index (κ2) is 6.12.